The summed E-state index contributed by atoms with van der Waals surface area (Å²) in [4.78, 5) is 16.7. The lowest BCUT2D eigenvalue weighted by Crippen LogP contribution is -2.12. The summed E-state index contributed by atoms with van der Waals surface area (Å²) >= 11 is 0. The molecule has 0 unspecified atom stereocenters. The highest BCUT2D eigenvalue weighted by Crippen LogP contribution is 2.20. The van der Waals surface area contributed by atoms with E-state index < -0.39 is 0 Å². The van der Waals surface area contributed by atoms with Crippen LogP contribution in [0.1, 0.15) is 41.3 Å². The van der Waals surface area contributed by atoms with Crippen LogP contribution in [-0.4, -0.2) is 10.9 Å². The molecule has 3 aromatic rings. The van der Waals surface area contributed by atoms with Gasteiger partial charge in [0.2, 0.25) is 0 Å². The third kappa shape index (κ3) is 4.50. The number of hydrogen-bond acceptors (Lipinski definition) is 4. The quantitative estimate of drug-likeness (QED) is 0.669. The number of aromatic nitrogens is 1. The average Bonchev–Trinajstić information content (AvgIpc) is 2.69. The Hall–Kier alpha value is -3.65. The lowest BCUT2D eigenvalue weighted by atomic mass is 10.0. The molecule has 2 N–H and O–H groups in total. The van der Waals surface area contributed by atoms with Crippen molar-refractivity contribution in [3.8, 4) is 6.07 Å². The summed E-state index contributed by atoms with van der Waals surface area (Å²) < 4.78 is 0. The maximum atomic E-state index is 12.4. The lowest BCUT2D eigenvalue weighted by Gasteiger charge is -2.10. The van der Waals surface area contributed by atoms with E-state index in [2.05, 4.69) is 35.5 Å². The largest absolute Gasteiger partial charge is 0.339 e. The van der Waals surface area contributed by atoms with Gasteiger partial charge in [0.15, 0.2) is 0 Å². The third-order valence-corrected chi connectivity index (χ3v) is 4.17. The molecule has 5 heteroatoms. The fourth-order valence-electron chi connectivity index (χ4n) is 2.58. The summed E-state index contributed by atoms with van der Waals surface area (Å²) in [6.45, 7) is 4.26. The van der Waals surface area contributed by atoms with Gasteiger partial charge < -0.3 is 10.6 Å². The van der Waals surface area contributed by atoms with Gasteiger partial charge in [0, 0.05) is 11.9 Å². The number of para-hydroxylation sites is 1. The molecule has 0 radical (unpaired) electrons. The van der Waals surface area contributed by atoms with Gasteiger partial charge in [0.05, 0.1) is 16.8 Å². The molecule has 1 heterocycles. The predicted octanol–water partition coefficient (Wildman–Crippen LogP) is 5.07. The fourth-order valence-corrected chi connectivity index (χ4v) is 2.58. The monoisotopic (exact) mass is 356 g/mol. The summed E-state index contributed by atoms with van der Waals surface area (Å²) in [5, 5.41) is 15.1. The van der Waals surface area contributed by atoms with Gasteiger partial charge in [-0.05, 0) is 47.9 Å². The first-order chi connectivity index (χ1) is 13.1. The molecule has 0 aliphatic rings. The third-order valence-electron chi connectivity index (χ3n) is 4.17. The Balaban J connectivity index is 1.67. The zero-order valence-electron chi connectivity index (χ0n) is 15.2. The highest BCUT2D eigenvalue weighted by Gasteiger charge is 2.08. The van der Waals surface area contributed by atoms with Crippen LogP contribution >= 0.6 is 0 Å². The van der Waals surface area contributed by atoms with E-state index >= 15 is 0 Å². The van der Waals surface area contributed by atoms with Crippen LogP contribution in [0, 0.1) is 11.3 Å². The van der Waals surface area contributed by atoms with Crippen LogP contribution in [-0.2, 0) is 0 Å². The van der Waals surface area contributed by atoms with Crippen LogP contribution < -0.4 is 10.6 Å². The molecule has 5 nitrogen and oxygen atoms in total. The van der Waals surface area contributed by atoms with E-state index in [0.29, 0.717) is 28.6 Å². The number of nitrogens with one attached hydrogen (secondary N) is 2. The van der Waals surface area contributed by atoms with E-state index in [-0.39, 0.29) is 5.91 Å². The SMILES string of the molecule is CC(C)c1ccc(NC(=O)c2ccc(Nc3ccccc3C#N)nc2)cc1. The maximum Gasteiger partial charge on any atom is 0.257 e. The van der Waals surface area contributed by atoms with Gasteiger partial charge in [-0.15, -0.1) is 0 Å². The molecule has 0 aliphatic carbocycles. The van der Waals surface area contributed by atoms with Crippen LogP contribution in [0.2, 0.25) is 0 Å². The molecule has 1 amide bonds. The number of carbonyl (C=O) groups is 1. The fraction of sp³-hybridized carbons (Fsp3) is 0.136. The van der Waals surface area contributed by atoms with Crippen molar-refractivity contribution < 1.29 is 4.79 Å². The molecular weight excluding hydrogens is 336 g/mol. The minimum absolute atomic E-state index is 0.219. The molecule has 2 aromatic carbocycles. The number of carbonyl (C=O) groups excluding carboxylic acids is 1. The number of anilines is 3. The molecular formula is C22H20N4O. The lowest BCUT2D eigenvalue weighted by molar-refractivity contribution is 0.102. The molecule has 0 atom stereocenters. The van der Waals surface area contributed by atoms with Crippen molar-refractivity contribution >= 4 is 23.1 Å². The van der Waals surface area contributed by atoms with Gasteiger partial charge in [0.1, 0.15) is 11.9 Å². The number of nitrogens with zero attached hydrogens (tertiary/aromatic N) is 2. The molecule has 27 heavy (non-hydrogen) atoms. The van der Waals surface area contributed by atoms with Crippen LogP contribution in [0.3, 0.4) is 0 Å². The average molecular weight is 356 g/mol. The second-order valence-corrected chi connectivity index (χ2v) is 6.45. The van der Waals surface area contributed by atoms with Gasteiger partial charge in [-0.3, -0.25) is 4.79 Å². The molecule has 0 saturated heterocycles. The zero-order chi connectivity index (χ0) is 19.2. The number of nitriles is 1. The summed E-state index contributed by atoms with van der Waals surface area (Å²) in [6, 6.07) is 20.5. The Labute approximate surface area is 158 Å². The Bertz CT molecular complexity index is 970. The number of amides is 1. The van der Waals surface area contributed by atoms with Crippen molar-refractivity contribution in [2.24, 2.45) is 0 Å². The van der Waals surface area contributed by atoms with Gasteiger partial charge >= 0.3 is 0 Å². The van der Waals surface area contributed by atoms with Crippen LogP contribution in [0.15, 0.2) is 66.9 Å². The molecule has 0 spiro atoms. The van der Waals surface area contributed by atoms with Crippen LogP contribution in [0.4, 0.5) is 17.2 Å². The molecule has 0 fully saturated rings. The van der Waals surface area contributed by atoms with Crippen molar-refractivity contribution in [1.29, 1.82) is 5.26 Å². The second-order valence-electron chi connectivity index (χ2n) is 6.45. The number of rotatable bonds is 5. The first-order valence-electron chi connectivity index (χ1n) is 8.70. The van der Waals surface area contributed by atoms with Crippen molar-refractivity contribution in [2.75, 3.05) is 10.6 Å². The summed E-state index contributed by atoms with van der Waals surface area (Å²) in [6.07, 6.45) is 1.51. The smallest absolute Gasteiger partial charge is 0.257 e. The topological polar surface area (TPSA) is 77.8 Å². The first kappa shape index (κ1) is 18.2. The Morgan fingerprint density at radius 3 is 2.41 bits per heavy atom. The maximum absolute atomic E-state index is 12.4. The molecule has 3 rings (SSSR count). The van der Waals surface area contributed by atoms with Crippen molar-refractivity contribution in [3.63, 3.8) is 0 Å². The molecule has 1 aromatic heterocycles. The van der Waals surface area contributed by atoms with E-state index in [1.807, 2.05) is 36.4 Å². The first-order valence-corrected chi connectivity index (χ1v) is 8.70. The number of benzene rings is 2. The summed E-state index contributed by atoms with van der Waals surface area (Å²) in [7, 11) is 0. The molecule has 0 bridgehead atoms. The molecule has 0 saturated carbocycles. The molecule has 0 aliphatic heterocycles. The minimum Gasteiger partial charge on any atom is -0.339 e. The van der Waals surface area contributed by atoms with Gasteiger partial charge in [0.25, 0.3) is 5.91 Å². The van der Waals surface area contributed by atoms with E-state index in [1.165, 1.54) is 11.8 Å². The van der Waals surface area contributed by atoms with E-state index in [0.717, 1.165) is 5.69 Å². The number of pyridine rings is 1. The Morgan fingerprint density at radius 1 is 1.04 bits per heavy atom. The van der Waals surface area contributed by atoms with Gasteiger partial charge in [-0.25, -0.2) is 4.98 Å². The minimum atomic E-state index is -0.219. The Kier molecular flexibility index (Phi) is 5.48. The van der Waals surface area contributed by atoms with E-state index in [1.54, 1.807) is 24.3 Å². The highest BCUT2D eigenvalue weighted by atomic mass is 16.1. The Morgan fingerprint density at radius 2 is 1.78 bits per heavy atom. The van der Waals surface area contributed by atoms with Gasteiger partial charge in [-0.1, -0.05) is 38.1 Å². The molecule has 134 valence electrons. The van der Waals surface area contributed by atoms with Crippen molar-refractivity contribution in [1.82, 2.24) is 4.98 Å². The highest BCUT2D eigenvalue weighted by molar-refractivity contribution is 6.04. The van der Waals surface area contributed by atoms with Gasteiger partial charge in [-0.2, -0.15) is 5.26 Å². The normalized spacial score (nSPS) is 10.3. The van der Waals surface area contributed by atoms with Crippen molar-refractivity contribution in [3.05, 3.63) is 83.6 Å². The van der Waals surface area contributed by atoms with E-state index in [9.17, 15) is 4.79 Å². The van der Waals surface area contributed by atoms with Crippen LogP contribution in [0.5, 0.6) is 0 Å². The zero-order valence-corrected chi connectivity index (χ0v) is 15.2. The second kappa shape index (κ2) is 8.15. The van der Waals surface area contributed by atoms with E-state index in [4.69, 9.17) is 5.26 Å². The van der Waals surface area contributed by atoms with Crippen LogP contribution in [0.25, 0.3) is 0 Å². The summed E-state index contributed by atoms with van der Waals surface area (Å²) in [5.41, 5.74) is 3.64. The summed E-state index contributed by atoms with van der Waals surface area (Å²) in [5.74, 6) is 0.796. The predicted molar refractivity (Wildman–Crippen MR) is 107 cm³/mol. The number of hydrogen-bond donors (Lipinski definition) is 2. The standard InChI is InChI=1S/C22H20N4O/c1-15(2)16-7-10-19(11-8-16)25-22(27)18-9-12-21(24-14-18)26-20-6-4-3-5-17(20)13-23/h3-12,14-15H,1-2H3,(H,24,26)(H,25,27). The van der Waals surface area contributed by atoms with Crippen molar-refractivity contribution in [2.45, 2.75) is 19.8 Å².